The van der Waals surface area contributed by atoms with Gasteiger partial charge in [0.1, 0.15) is 0 Å². The maximum absolute atomic E-state index is 11.7. The quantitative estimate of drug-likeness (QED) is 0.421. The van der Waals surface area contributed by atoms with Gasteiger partial charge in [0.25, 0.3) is 0 Å². The molecule has 0 atom stereocenters. The van der Waals surface area contributed by atoms with Gasteiger partial charge in [-0.15, -0.1) is 0 Å². The summed E-state index contributed by atoms with van der Waals surface area (Å²) in [5.74, 6) is 0. The molecule has 0 bridgehead atoms. The Bertz CT molecular complexity index is 86.6. The zero-order valence-corrected chi connectivity index (χ0v) is 10.6. The van der Waals surface area contributed by atoms with Crippen LogP contribution in [0, 0.1) is 0 Å². The first-order valence-electron chi connectivity index (χ1n) is 5.04. The Hall–Kier alpha value is 0.364. The minimum absolute atomic E-state index is 0.124. The lowest BCUT2D eigenvalue weighted by atomic mass is 10.2. The van der Waals surface area contributed by atoms with E-state index in [1.165, 1.54) is 34.1 Å². The van der Waals surface area contributed by atoms with Crippen molar-refractivity contribution in [2.24, 2.45) is 0 Å². The maximum atomic E-state index is 11.7. The highest BCUT2D eigenvalue weighted by Crippen LogP contribution is 2.04. The Morgan fingerprint density at radius 3 is 2.33 bits per heavy atom. The molecular formula is C9H21FSi2. The summed E-state index contributed by atoms with van der Waals surface area (Å²) >= 11 is 0. The molecule has 0 aliphatic carbocycles. The summed E-state index contributed by atoms with van der Waals surface area (Å²) < 4.78 is 11.7. The van der Waals surface area contributed by atoms with Gasteiger partial charge in [0.2, 0.25) is 0 Å². The van der Waals surface area contributed by atoms with Crippen molar-refractivity contribution < 1.29 is 4.39 Å². The number of unbranched alkanes of at least 4 members (excludes halogenated alkanes) is 3. The number of halogens is 1. The fourth-order valence-electron chi connectivity index (χ4n) is 1.09. The fourth-order valence-corrected chi connectivity index (χ4v) is 4.71. The average molecular weight is 204 g/mol. The molecular weight excluding hydrogens is 183 g/mol. The Labute approximate surface area is 80.4 Å². The van der Waals surface area contributed by atoms with E-state index >= 15 is 0 Å². The number of hydrogen-bond acceptors (Lipinski definition) is 0. The number of alkyl halides is 1. The van der Waals surface area contributed by atoms with Crippen LogP contribution >= 0.6 is 0 Å². The van der Waals surface area contributed by atoms with Gasteiger partial charge < -0.3 is 0 Å². The fraction of sp³-hybridized carbons (Fsp3) is 1.00. The van der Waals surface area contributed by atoms with Crippen molar-refractivity contribution in [3.05, 3.63) is 0 Å². The SMILES string of the molecule is C[SiH](C)C[Si]CCCCCCF. The predicted molar refractivity (Wildman–Crippen MR) is 58.7 cm³/mol. The van der Waals surface area contributed by atoms with Gasteiger partial charge in [0.15, 0.2) is 0 Å². The van der Waals surface area contributed by atoms with Gasteiger partial charge in [-0.3, -0.25) is 4.39 Å². The van der Waals surface area contributed by atoms with Crippen molar-refractivity contribution in [1.29, 1.82) is 0 Å². The maximum Gasteiger partial charge on any atom is 0.0894 e. The van der Waals surface area contributed by atoms with Crippen LogP contribution in [0.25, 0.3) is 0 Å². The van der Waals surface area contributed by atoms with Crippen molar-refractivity contribution in [1.82, 2.24) is 0 Å². The normalized spacial score (nSPS) is 11.0. The minimum atomic E-state index is -0.283. The van der Waals surface area contributed by atoms with Crippen molar-refractivity contribution in [3.63, 3.8) is 0 Å². The second-order valence-corrected chi connectivity index (χ2v) is 9.12. The van der Waals surface area contributed by atoms with Gasteiger partial charge in [-0.2, -0.15) is 0 Å². The van der Waals surface area contributed by atoms with Crippen molar-refractivity contribution >= 4 is 18.3 Å². The van der Waals surface area contributed by atoms with Gasteiger partial charge in [0, 0.05) is 18.3 Å². The minimum Gasteiger partial charge on any atom is -0.251 e. The molecule has 0 spiro atoms. The zero-order valence-electron chi connectivity index (χ0n) is 8.41. The van der Waals surface area contributed by atoms with E-state index in [2.05, 4.69) is 13.1 Å². The molecule has 0 fully saturated rings. The summed E-state index contributed by atoms with van der Waals surface area (Å²) in [5, 5.41) is 0. The molecule has 0 aromatic rings. The molecule has 0 aromatic carbocycles. The standard InChI is InChI=1S/C9H21FSi2/c1-12(2)9-11-8-6-4-3-5-7-10/h12H,3-9H2,1-2H3. The third-order valence-electron chi connectivity index (χ3n) is 1.79. The van der Waals surface area contributed by atoms with E-state index in [9.17, 15) is 4.39 Å². The van der Waals surface area contributed by atoms with Gasteiger partial charge in [-0.1, -0.05) is 44.1 Å². The van der Waals surface area contributed by atoms with E-state index in [1.807, 2.05) is 0 Å². The summed E-state index contributed by atoms with van der Waals surface area (Å²) in [4.78, 5) is 0. The van der Waals surface area contributed by atoms with Crippen LogP contribution in [0.4, 0.5) is 4.39 Å². The molecule has 0 heterocycles. The van der Waals surface area contributed by atoms with Crippen LogP contribution in [0.15, 0.2) is 0 Å². The predicted octanol–water partition coefficient (Wildman–Crippen LogP) is 3.08. The summed E-state index contributed by atoms with van der Waals surface area (Å²) in [6.07, 6.45) is 4.46. The Kier molecular flexibility index (Phi) is 9.74. The van der Waals surface area contributed by atoms with Gasteiger partial charge in [-0.05, 0) is 6.42 Å². The van der Waals surface area contributed by atoms with E-state index in [-0.39, 0.29) is 15.5 Å². The molecule has 0 rings (SSSR count). The molecule has 0 aromatic heterocycles. The van der Waals surface area contributed by atoms with Crippen LogP contribution in [0.1, 0.15) is 25.7 Å². The van der Waals surface area contributed by atoms with Crippen LogP contribution in [0.2, 0.25) is 24.8 Å². The van der Waals surface area contributed by atoms with Gasteiger partial charge >= 0.3 is 0 Å². The summed E-state index contributed by atoms with van der Waals surface area (Å²) in [6, 6.07) is 1.40. The monoisotopic (exact) mass is 204 g/mol. The zero-order chi connectivity index (χ0) is 9.23. The van der Waals surface area contributed by atoms with Crippen LogP contribution in [-0.2, 0) is 0 Å². The number of rotatable bonds is 8. The van der Waals surface area contributed by atoms with Gasteiger partial charge in [0.05, 0.1) is 6.67 Å². The lowest BCUT2D eigenvalue weighted by molar-refractivity contribution is 0.455. The Morgan fingerprint density at radius 1 is 1.08 bits per heavy atom. The van der Waals surface area contributed by atoms with Crippen LogP contribution in [0.5, 0.6) is 0 Å². The first-order valence-corrected chi connectivity index (χ1v) is 9.58. The molecule has 0 aliphatic rings. The third-order valence-corrected chi connectivity index (χ3v) is 6.92. The summed E-state index contributed by atoms with van der Waals surface area (Å²) in [5.41, 5.74) is 1.52. The second kappa shape index (κ2) is 9.45. The van der Waals surface area contributed by atoms with Crippen LogP contribution in [-0.4, -0.2) is 25.0 Å². The smallest absolute Gasteiger partial charge is 0.0894 e. The summed E-state index contributed by atoms with van der Waals surface area (Å²) in [7, 11) is 0.909. The molecule has 2 radical (unpaired) electrons. The van der Waals surface area contributed by atoms with E-state index < -0.39 is 0 Å². The second-order valence-electron chi connectivity index (χ2n) is 3.70. The summed E-state index contributed by atoms with van der Waals surface area (Å²) in [6.45, 7) is 4.70. The van der Waals surface area contributed by atoms with Crippen molar-refractivity contribution in [2.45, 2.75) is 50.5 Å². The van der Waals surface area contributed by atoms with Gasteiger partial charge in [-0.25, -0.2) is 0 Å². The molecule has 0 amide bonds. The molecule has 12 heavy (non-hydrogen) atoms. The highest BCUT2D eigenvalue weighted by molar-refractivity contribution is 6.67. The van der Waals surface area contributed by atoms with E-state index in [1.54, 1.807) is 0 Å². The van der Waals surface area contributed by atoms with E-state index in [4.69, 9.17) is 0 Å². The van der Waals surface area contributed by atoms with Crippen molar-refractivity contribution in [2.75, 3.05) is 6.67 Å². The molecule has 0 saturated carbocycles. The largest absolute Gasteiger partial charge is 0.251 e. The molecule has 3 heteroatoms. The topological polar surface area (TPSA) is 0 Å². The lowest BCUT2D eigenvalue weighted by Crippen LogP contribution is -2.04. The molecule has 0 nitrogen and oxygen atoms in total. The Morgan fingerprint density at radius 2 is 1.75 bits per heavy atom. The first kappa shape index (κ1) is 12.4. The molecule has 72 valence electrons. The lowest BCUT2D eigenvalue weighted by Gasteiger charge is -2.01. The van der Waals surface area contributed by atoms with Crippen LogP contribution < -0.4 is 0 Å². The molecule has 0 N–H and O–H groups in total. The van der Waals surface area contributed by atoms with Crippen molar-refractivity contribution in [3.8, 4) is 0 Å². The highest BCUT2D eigenvalue weighted by Gasteiger charge is 1.96. The van der Waals surface area contributed by atoms with E-state index in [0.29, 0.717) is 0 Å². The molecule has 0 unspecified atom stereocenters. The Balaban J connectivity index is 2.82. The third kappa shape index (κ3) is 10.4. The number of hydrogen-bond donors (Lipinski definition) is 0. The average Bonchev–Trinajstić information content (AvgIpc) is 2.02. The van der Waals surface area contributed by atoms with E-state index in [0.717, 1.165) is 12.8 Å². The molecule has 0 aliphatic heterocycles. The molecule has 0 saturated heterocycles. The van der Waals surface area contributed by atoms with Crippen LogP contribution in [0.3, 0.4) is 0 Å². The highest BCUT2D eigenvalue weighted by atomic mass is 28.3. The first-order chi connectivity index (χ1) is 5.77.